The van der Waals surface area contributed by atoms with E-state index in [9.17, 15) is 0 Å². The first-order valence-corrected chi connectivity index (χ1v) is 27.5. The molecule has 0 saturated carbocycles. The minimum absolute atomic E-state index is 1.08. The summed E-state index contributed by atoms with van der Waals surface area (Å²) in [5.74, 6) is 0. The zero-order valence-corrected chi connectivity index (χ0v) is 30.7. The van der Waals surface area contributed by atoms with E-state index in [2.05, 4.69) is 156 Å². The second-order valence-corrected chi connectivity index (χ2v) is 30.8. The number of benzene rings is 4. The van der Waals surface area contributed by atoms with Gasteiger partial charge in [0.15, 0.2) is 8.32 Å². The predicted octanol–water partition coefficient (Wildman–Crippen LogP) is 5.94. The number of hydrogen-bond acceptors (Lipinski definition) is 4. The van der Waals surface area contributed by atoms with E-state index in [0.717, 1.165) is 15.6 Å². The van der Waals surface area contributed by atoms with Gasteiger partial charge < -0.3 is 16.5 Å². The second kappa shape index (κ2) is 12.6. The summed E-state index contributed by atoms with van der Waals surface area (Å²) in [6, 6.07) is 42.0. The lowest BCUT2D eigenvalue weighted by atomic mass is 10.4. The minimum atomic E-state index is -3.14. The van der Waals surface area contributed by atoms with Crippen LogP contribution in [0, 0.1) is 0 Å². The highest BCUT2D eigenvalue weighted by Crippen LogP contribution is 2.27. The lowest BCUT2D eigenvalue weighted by Crippen LogP contribution is -2.71. The summed E-state index contributed by atoms with van der Waals surface area (Å²) in [4.78, 5) is 0. The molecule has 0 aromatic heterocycles. The molecular formula is C32H44O4Si5. The number of hydrogen-bond donors (Lipinski definition) is 0. The SMILES string of the molecule is C[Si](C)(C)O[Si](C)(O[Si](C)(O[Si](C)(O[Si](C)(C)c1ccccc1)c1ccccc1)c1ccccc1)c1ccccc1. The average molecular weight is 633 g/mol. The van der Waals surface area contributed by atoms with Crippen LogP contribution in [-0.2, 0) is 16.5 Å². The van der Waals surface area contributed by atoms with E-state index in [-0.39, 0.29) is 0 Å². The first-order chi connectivity index (χ1) is 19.2. The molecule has 41 heavy (non-hydrogen) atoms. The van der Waals surface area contributed by atoms with Gasteiger partial charge in [-0.15, -0.1) is 0 Å². The maximum atomic E-state index is 7.52. The molecule has 0 saturated heterocycles. The molecule has 0 N–H and O–H groups in total. The van der Waals surface area contributed by atoms with Gasteiger partial charge in [-0.05, 0) is 73.1 Å². The fourth-order valence-electron chi connectivity index (χ4n) is 5.35. The van der Waals surface area contributed by atoms with Gasteiger partial charge in [-0.25, -0.2) is 0 Å². The lowest BCUT2D eigenvalue weighted by molar-refractivity contribution is 0.314. The van der Waals surface area contributed by atoms with Crippen molar-refractivity contribution >= 4 is 63.1 Å². The fraction of sp³-hybridized carbons (Fsp3) is 0.250. The molecule has 3 atom stereocenters. The molecule has 3 unspecified atom stereocenters. The first kappa shape index (κ1) is 31.7. The smallest absolute Gasteiger partial charge is 0.352 e. The van der Waals surface area contributed by atoms with Gasteiger partial charge in [-0.2, -0.15) is 0 Å². The highest BCUT2D eigenvalue weighted by molar-refractivity contribution is 7.02. The van der Waals surface area contributed by atoms with Crippen LogP contribution in [0.5, 0.6) is 0 Å². The largest absolute Gasteiger partial charge is 0.433 e. The predicted molar refractivity (Wildman–Crippen MR) is 184 cm³/mol. The zero-order valence-electron chi connectivity index (χ0n) is 25.7. The zero-order chi connectivity index (χ0) is 29.8. The number of rotatable bonds is 12. The summed E-state index contributed by atoms with van der Waals surface area (Å²) in [5.41, 5.74) is 0. The quantitative estimate of drug-likeness (QED) is 0.181. The van der Waals surface area contributed by atoms with Crippen LogP contribution in [0.25, 0.3) is 0 Å². The van der Waals surface area contributed by atoms with Gasteiger partial charge in [-0.3, -0.25) is 0 Å². The van der Waals surface area contributed by atoms with Crippen LogP contribution < -0.4 is 20.7 Å². The van der Waals surface area contributed by atoms with Crippen molar-refractivity contribution in [2.45, 2.75) is 52.4 Å². The molecule has 4 aromatic rings. The highest BCUT2D eigenvalue weighted by atomic mass is 28.5. The molecule has 0 bridgehead atoms. The van der Waals surface area contributed by atoms with Gasteiger partial charge >= 0.3 is 25.7 Å². The Morgan fingerprint density at radius 2 is 0.585 bits per heavy atom. The van der Waals surface area contributed by atoms with E-state index < -0.39 is 42.3 Å². The van der Waals surface area contributed by atoms with Crippen molar-refractivity contribution in [3.8, 4) is 0 Å². The molecule has 9 heteroatoms. The molecule has 0 radical (unpaired) electrons. The monoisotopic (exact) mass is 632 g/mol. The molecule has 4 rings (SSSR count). The first-order valence-electron chi connectivity index (χ1n) is 14.3. The molecular weight excluding hydrogens is 589 g/mol. The van der Waals surface area contributed by atoms with Crippen molar-refractivity contribution in [1.29, 1.82) is 0 Å². The molecule has 216 valence electrons. The van der Waals surface area contributed by atoms with Gasteiger partial charge in [0.2, 0.25) is 8.32 Å². The Bertz CT molecular complexity index is 1390. The third-order valence-corrected chi connectivity index (χ3v) is 26.8. The Hall–Kier alpha value is -2.20. The standard InChI is InChI=1S/C32H44O4Si5/c1-37(2,3)33-39(6,30-23-15-10-16-24-30)35-41(8,32-27-19-12-20-28-32)36-40(7,31-25-17-11-18-26-31)34-38(4,5)29-21-13-9-14-22-29/h9-28H,1-8H3. The van der Waals surface area contributed by atoms with Crippen molar-refractivity contribution in [3.05, 3.63) is 121 Å². The fourth-order valence-corrected chi connectivity index (χ4v) is 28.2. The molecule has 0 aliphatic heterocycles. The summed E-state index contributed by atoms with van der Waals surface area (Å²) in [5, 5.41) is 4.53. The Balaban J connectivity index is 1.85. The second-order valence-electron chi connectivity index (χ2n) is 12.3. The topological polar surface area (TPSA) is 36.9 Å². The van der Waals surface area contributed by atoms with Gasteiger partial charge in [0.05, 0.1) is 0 Å². The van der Waals surface area contributed by atoms with Crippen LogP contribution in [0.4, 0.5) is 0 Å². The molecule has 0 heterocycles. The van der Waals surface area contributed by atoms with E-state index in [0.29, 0.717) is 0 Å². The normalized spacial score (nSPS) is 16.8. The molecule has 0 aliphatic rings. The van der Waals surface area contributed by atoms with Gasteiger partial charge in [0.1, 0.15) is 0 Å². The van der Waals surface area contributed by atoms with Crippen LogP contribution in [0.15, 0.2) is 121 Å². The van der Waals surface area contributed by atoms with Crippen molar-refractivity contribution in [2.75, 3.05) is 0 Å². The van der Waals surface area contributed by atoms with Crippen LogP contribution >= 0.6 is 0 Å². The third-order valence-electron chi connectivity index (χ3n) is 7.09. The minimum Gasteiger partial charge on any atom is -0.433 e. The molecule has 4 nitrogen and oxygen atoms in total. The molecule has 0 aliphatic carbocycles. The van der Waals surface area contributed by atoms with E-state index >= 15 is 0 Å². The summed E-state index contributed by atoms with van der Waals surface area (Å²) in [6.07, 6.45) is 0. The Morgan fingerprint density at radius 1 is 0.317 bits per heavy atom. The van der Waals surface area contributed by atoms with E-state index in [1.165, 1.54) is 5.19 Å². The van der Waals surface area contributed by atoms with E-state index in [4.69, 9.17) is 16.5 Å². The van der Waals surface area contributed by atoms with E-state index in [1.54, 1.807) is 0 Å². The Morgan fingerprint density at radius 3 is 0.902 bits per heavy atom. The van der Waals surface area contributed by atoms with Crippen LogP contribution in [-0.4, -0.2) is 42.3 Å². The van der Waals surface area contributed by atoms with Crippen LogP contribution in [0.3, 0.4) is 0 Å². The van der Waals surface area contributed by atoms with Gasteiger partial charge in [0.25, 0.3) is 0 Å². The van der Waals surface area contributed by atoms with Crippen molar-refractivity contribution in [1.82, 2.24) is 0 Å². The summed E-state index contributed by atoms with van der Waals surface area (Å²) >= 11 is 0. The van der Waals surface area contributed by atoms with Crippen LogP contribution in [0.2, 0.25) is 52.4 Å². The van der Waals surface area contributed by atoms with Crippen LogP contribution in [0.1, 0.15) is 0 Å². The highest BCUT2D eigenvalue weighted by Gasteiger charge is 2.53. The maximum Gasteiger partial charge on any atom is 0.352 e. The van der Waals surface area contributed by atoms with Crippen molar-refractivity contribution < 1.29 is 16.5 Å². The Kier molecular flexibility index (Phi) is 9.74. The Labute approximate surface area is 252 Å². The average Bonchev–Trinajstić information content (AvgIpc) is 2.93. The lowest BCUT2D eigenvalue weighted by Gasteiger charge is -2.45. The molecule has 0 amide bonds. The molecule has 0 spiro atoms. The summed E-state index contributed by atoms with van der Waals surface area (Å²) < 4.78 is 29.3. The van der Waals surface area contributed by atoms with E-state index in [1.807, 2.05) is 18.2 Å². The summed E-state index contributed by atoms with van der Waals surface area (Å²) in [6.45, 7) is 17.8. The molecule has 0 fully saturated rings. The van der Waals surface area contributed by atoms with Crippen molar-refractivity contribution in [2.24, 2.45) is 0 Å². The maximum absolute atomic E-state index is 7.52. The summed E-state index contributed by atoms with van der Waals surface area (Å²) in [7, 11) is -13.5. The third kappa shape index (κ3) is 8.01. The molecule has 4 aromatic carbocycles. The van der Waals surface area contributed by atoms with Gasteiger partial charge in [0, 0.05) is 0 Å². The van der Waals surface area contributed by atoms with Crippen molar-refractivity contribution in [3.63, 3.8) is 0 Å². The van der Waals surface area contributed by atoms with Gasteiger partial charge in [-0.1, -0.05) is 121 Å².